The largest absolute Gasteiger partial charge is 0.396 e. The van der Waals surface area contributed by atoms with Crippen LogP contribution < -0.4 is 0 Å². The van der Waals surface area contributed by atoms with E-state index in [0.29, 0.717) is 6.04 Å². The number of fused-ring (bicyclic) bond motifs is 3. The van der Waals surface area contributed by atoms with Crippen LogP contribution in [-0.2, 0) is 16.8 Å². The number of nitrogens with one attached hydrogen (secondary N) is 1. The maximum Gasteiger partial charge on any atom is 0.109 e. The SMILES string of the molecule is CCN(CC(CCO)C1(C)OCCc2c1[nH]c1ccccc21)C(C)C. The van der Waals surface area contributed by atoms with Crippen molar-refractivity contribution in [2.75, 3.05) is 26.3 Å². The molecule has 0 saturated carbocycles. The van der Waals surface area contributed by atoms with Gasteiger partial charge in [-0.1, -0.05) is 25.1 Å². The Morgan fingerprint density at radius 2 is 2.08 bits per heavy atom. The predicted molar refractivity (Wildman–Crippen MR) is 103 cm³/mol. The van der Waals surface area contributed by atoms with Gasteiger partial charge in [0.2, 0.25) is 0 Å². The number of H-pyrrole nitrogens is 1. The highest BCUT2D eigenvalue weighted by atomic mass is 16.5. The molecule has 0 fully saturated rings. The lowest BCUT2D eigenvalue weighted by atomic mass is 9.79. The number of aromatic nitrogens is 1. The summed E-state index contributed by atoms with van der Waals surface area (Å²) in [6, 6.07) is 9.00. The van der Waals surface area contributed by atoms with Crippen LogP contribution in [0.25, 0.3) is 10.9 Å². The van der Waals surface area contributed by atoms with Crippen LogP contribution in [0.4, 0.5) is 0 Å². The van der Waals surface area contributed by atoms with E-state index in [1.165, 1.54) is 22.2 Å². The molecular weight excluding hydrogens is 312 g/mol. The normalized spacial score (nSPS) is 21.9. The van der Waals surface area contributed by atoms with E-state index >= 15 is 0 Å². The third-order valence-corrected chi connectivity index (χ3v) is 5.91. The van der Waals surface area contributed by atoms with Gasteiger partial charge in [-0.25, -0.2) is 0 Å². The molecule has 0 bridgehead atoms. The molecule has 1 aromatic carbocycles. The molecule has 0 saturated heterocycles. The summed E-state index contributed by atoms with van der Waals surface area (Å²) in [4.78, 5) is 6.11. The van der Waals surface area contributed by atoms with E-state index in [0.717, 1.165) is 32.5 Å². The molecule has 1 aromatic heterocycles. The zero-order valence-corrected chi connectivity index (χ0v) is 16.0. The number of rotatable bonds is 7. The maximum absolute atomic E-state index is 9.71. The van der Waals surface area contributed by atoms with Crippen LogP contribution in [0.1, 0.15) is 45.4 Å². The Morgan fingerprint density at radius 3 is 2.76 bits per heavy atom. The van der Waals surface area contributed by atoms with Crippen LogP contribution in [0, 0.1) is 5.92 Å². The van der Waals surface area contributed by atoms with Crippen LogP contribution in [0.2, 0.25) is 0 Å². The first-order valence-corrected chi connectivity index (χ1v) is 9.60. The lowest BCUT2D eigenvalue weighted by molar-refractivity contribution is -0.105. The number of benzene rings is 1. The molecule has 2 N–H and O–H groups in total. The van der Waals surface area contributed by atoms with Gasteiger partial charge in [-0.2, -0.15) is 0 Å². The number of ether oxygens (including phenoxy) is 1. The first-order valence-electron chi connectivity index (χ1n) is 9.60. The van der Waals surface area contributed by atoms with E-state index in [9.17, 15) is 5.11 Å². The summed E-state index contributed by atoms with van der Waals surface area (Å²) in [5, 5.41) is 11.0. The average Bonchev–Trinajstić information content (AvgIpc) is 2.99. The van der Waals surface area contributed by atoms with Gasteiger partial charge in [-0.05, 0) is 51.8 Å². The fraction of sp³-hybridized carbons (Fsp3) is 0.619. The van der Waals surface area contributed by atoms with Crippen LogP contribution in [0.3, 0.4) is 0 Å². The third kappa shape index (κ3) is 3.35. The van der Waals surface area contributed by atoms with Crippen molar-refractivity contribution in [1.29, 1.82) is 0 Å². The molecule has 3 rings (SSSR count). The number of aliphatic hydroxyl groups is 1. The van der Waals surface area contributed by atoms with Gasteiger partial charge in [-0.15, -0.1) is 0 Å². The Labute approximate surface area is 151 Å². The highest BCUT2D eigenvalue weighted by Gasteiger charge is 2.43. The van der Waals surface area contributed by atoms with Crippen molar-refractivity contribution in [2.45, 2.75) is 52.2 Å². The molecule has 0 aliphatic carbocycles. The minimum atomic E-state index is -0.391. The molecule has 4 heteroatoms. The molecule has 2 atom stereocenters. The Hall–Kier alpha value is -1.36. The van der Waals surface area contributed by atoms with Crippen LogP contribution in [-0.4, -0.2) is 47.3 Å². The molecule has 4 nitrogen and oxygen atoms in total. The first kappa shape index (κ1) is 18.4. The van der Waals surface area contributed by atoms with Crippen molar-refractivity contribution in [3.05, 3.63) is 35.5 Å². The Kier molecular flexibility index (Phi) is 5.52. The van der Waals surface area contributed by atoms with Crippen molar-refractivity contribution in [1.82, 2.24) is 9.88 Å². The smallest absolute Gasteiger partial charge is 0.109 e. The summed E-state index contributed by atoms with van der Waals surface area (Å²) in [5.74, 6) is 0.243. The molecular formula is C21H32N2O2. The molecule has 0 spiro atoms. The van der Waals surface area contributed by atoms with Crippen LogP contribution in [0.5, 0.6) is 0 Å². The number of aliphatic hydroxyl groups excluding tert-OH is 1. The van der Waals surface area contributed by atoms with Gasteiger partial charge in [0, 0.05) is 36.0 Å². The molecule has 25 heavy (non-hydrogen) atoms. The number of aromatic amines is 1. The summed E-state index contributed by atoms with van der Waals surface area (Å²) in [6.07, 6.45) is 1.69. The minimum Gasteiger partial charge on any atom is -0.396 e. The van der Waals surface area contributed by atoms with E-state index in [2.05, 4.69) is 61.8 Å². The standard InChI is InChI=1S/C21H32N2O2/c1-5-23(15(2)3)14-16(10-12-24)21(4)20-18(11-13-25-21)17-8-6-7-9-19(17)22-20/h6-9,15-16,22,24H,5,10-14H2,1-4H3. The van der Waals surface area contributed by atoms with Gasteiger partial charge in [-0.3, -0.25) is 0 Å². The molecule has 2 heterocycles. The topological polar surface area (TPSA) is 48.5 Å². The van der Waals surface area contributed by atoms with Gasteiger partial charge in [0.1, 0.15) is 5.60 Å². The maximum atomic E-state index is 9.71. The van der Waals surface area contributed by atoms with Crippen molar-refractivity contribution in [2.24, 2.45) is 5.92 Å². The van der Waals surface area contributed by atoms with E-state index in [4.69, 9.17) is 4.74 Å². The average molecular weight is 344 g/mol. The highest BCUT2D eigenvalue weighted by Crippen LogP contribution is 2.43. The van der Waals surface area contributed by atoms with E-state index < -0.39 is 5.60 Å². The fourth-order valence-corrected chi connectivity index (χ4v) is 4.33. The molecule has 138 valence electrons. The van der Waals surface area contributed by atoms with Gasteiger partial charge >= 0.3 is 0 Å². The number of hydrogen-bond acceptors (Lipinski definition) is 3. The van der Waals surface area contributed by atoms with Crippen LogP contribution >= 0.6 is 0 Å². The Balaban J connectivity index is 2.01. The molecule has 2 aromatic rings. The number of nitrogens with zero attached hydrogens (tertiary/aromatic N) is 1. The zero-order chi connectivity index (χ0) is 18.0. The predicted octanol–water partition coefficient (Wildman–Crippen LogP) is 3.68. The van der Waals surface area contributed by atoms with Gasteiger partial charge in [0.25, 0.3) is 0 Å². The fourth-order valence-electron chi connectivity index (χ4n) is 4.33. The second-order valence-electron chi connectivity index (χ2n) is 7.62. The van der Waals surface area contributed by atoms with Crippen molar-refractivity contribution in [3.63, 3.8) is 0 Å². The minimum absolute atomic E-state index is 0.189. The Bertz CT molecular complexity index is 709. The molecule has 0 amide bonds. The molecule has 1 aliphatic rings. The summed E-state index contributed by atoms with van der Waals surface area (Å²) < 4.78 is 6.39. The van der Waals surface area contributed by atoms with Crippen molar-refractivity contribution in [3.8, 4) is 0 Å². The van der Waals surface area contributed by atoms with Gasteiger partial charge in [0.15, 0.2) is 0 Å². The number of para-hydroxylation sites is 1. The van der Waals surface area contributed by atoms with Gasteiger partial charge < -0.3 is 19.7 Å². The quantitative estimate of drug-likeness (QED) is 0.805. The van der Waals surface area contributed by atoms with Crippen molar-refractivity contribution >= 4 is 10.9 Å². The van der Waals surface area contributed by atoms with Crippen LogP contribution in [0.15, 0.2) is 24.3 Å². The lowest BCUT2D eigenvalue weighted by Crippen LogP contribution is -2.47. The van der Waals surface area contributed by atoms with E-state index in [1.54, 1.807) is 0 Å². The van der Waals surface area contributed by atoms with Crippen molar-refractivity contribution < 1.29 is 9.84 Å². The monoisotopic (exact) mass is 344 g/mol. The first-order chi connectivity index (χ1) is 12.0. The van der Waals surface area contributed by atoms with E-state index in [-0.39, 0.29) is 12.5 Å². The summed E-state index contributed by atoms with van der Waals surface area (Å²) in [5.41, 5.74) is 3.39. The molecule has 0 radical (unpaired) electrons. The third-order valence-electron chi connectivity index (χ3n) is 5.91. The highest BCUT2D eigenvalue weighted by molar-refractivity contribution is 5.85. The summed E-state index contributed by atoms with van der Waals surface area (Å²) in [6.45, 7) is 11.7. The number of hydrogen-bond donors (Lipinski definition) is 2. The molecule has 1 aliphatic heterocycles. The second-order valence-corrected chi connectivity index (χ2v) is 7.62. The summed E-state index contributed by atoms with van der Waals surface area (Å²) in [7, 11) is 0. The van der Waals surface area contributed by atoms with E-state index in [1.807, 2.05) is 0 Å². The lowest BCUT2D eigenvalue weighted by Gasteiger charge is -2.43. The second kappa shape index (κ2) is 7.48. The zero-order valence-electron chi connectivity index (χ0n) is 16.0. The van der Waals surface area contributed by atoms with Gasteiger partial charge in [0.05, 0.1) is 12.3 Å². The Morgan fingerprint density at radius 1 is 1.32 bits per heavy atom. The summed E-state index contributed by atoms with van der Waals surface area (Å²) >= 11 is 0. The molecule has 2 unspecified atom stereocenters.